The second-order valence-electron chi connectivity index (χ2n) is 4.53. The van der Waals surface area contributed by atoms with Crippen molar-refractivity contribution in [3.05, 3.63) is 64.2 Å². The number of carbonyl (C=O) groups excluding carboxylic acids is 1. The number of hydrogen-bond acceptors (Lipinski definition) is 3. The Kier molecular flexibility index (Phi) is 4.95. The summed E-state index contributed by atoms with van der Waals surface area (Å²) in [4.78, 5) is 11.9. The Labute approximate surface area is 130 Å². The van der Waals surface area contributed by atoms with E-state index < -0.39 is 29.2 Å². The highest BCUT2D eigenvalue weighted by molar-refractivity contribution is 6.32. The summed E-state index contributed by atoms with van der Waals surface area (Å²) in [5, 5.41) is 21.4. The Balaban J connectivity index is 2.06. The predicted molar refractivity (Wildman–Crippen MR) is 76.8 cm³/mol. The fourth-order valence-electron chi connectivity index (χ4n) is 1.87. The molecule has 0 radical (unpaired) electrons. The lowest BCUT2D eigenvalue weighted by atomic mass is 10.1. The van der Waals surface area contributed by atoms with Crippen molar-refractivity contribution >= 4 is 17.5 Å². The maximum Gasteiger partial charge on any atom is 0.251 e. The Morgan fingerprint density at radius 3 is 2.45 bits per heavy atom. The molecule has 0 aliphatic carbocycles. The molecule has 0 spiro atoms. The van der Waals surface area contributed by atoms with E-state index in [0.717, 1.165) is 12.1 Å². The summed E-state index contributed by atoms with van der Waals surface area (Å²) in [5.74, 6) is -2.56. The Morgan fingerprint density at radius 2 is 1.86 bits per heavy atom. The number of hydrogen-bond donors (Lipinski definition) is 3. The summed E-state index contributed by atoms with van der Waals surface area (Å²) in [6.07, 6.45) is -1.53. The fourth-order valence-corrected chi connectivity index (χ4v) is 2.05. The van der Waals surface area contributed by atoms with Crippen LogP contribution in [0, 0.1) is 11.6 Å². The molecule has 3 N–H and O–H groups in total. The number of rotatable bonds is 4. The molecule has 0 heterocycles. The number of aliphatic hydroxyl groups excluding tert-OH is 1. The number of nitrogens with one attached hydrogen (secondary N) is 1. The van der Waals surface area contributed by atoms with Crippen LogP contribution in [0.1, 0.15) is 22.0 Å². The lowest BCUT2D eigenvalue weighted by Gasteiger charge is -2.14. The number of halogens is 3. The SMILES string of the molecule is O=C(NC[C@H](O)c1c(F)cccc1F)c1ccc(O)c(Cl)c1. The van der Waals surface area contributed by atoms with Gasteiger partial charge in [-0.05, 0) is 30.3 Å². The third kappa shape index (κ3) is 3.52. The molecule has 2 aromatic carbocycles. The second kappa shape index (κ2) is 6.72. The van der Waals surface area contributed by atoms with Crippen LogP contribution in [0.25, 0.3) is 0 Å². The summed E-state index contributed by atoms with van der Waals surface area (Å²) >= 11 is 5.68. The van der Waals surface area contributed by atoms with Gasteiger partial charge in [0, 0.05) is 12.1 Å². The number of aliphatic hydroxyl groups is 1. The van der Waals surface area contributed by atoms with Gasteiger partial charge in [0.05, 0.1) is 10.6 Å². The van der Waals surface area contributed by atoms with Crippen LogP contribution in [0.2, 0.25) is 5.02 Å². The highest BCUT2D eigenvalue weighted by Gasteiger charge is 2.19. The van der Waals surface area contributed by atoms with E-state index in [2.05, 4.69) is 5.32 Å². The van der Waals surface area contributed by atoms with Gasteiger partial charge < -0.3 is 15.5 Å². The molecule has 0 aliphatic rings. The maximum absolute atomic E-state index is 13.5. The van der Waals surface area contributed by atoms with Gasteiger partial charge in [-0.25, -0.2) is 8.78 Å². The second-order valence-corrected chi connectivity index (χ2v) is 4.93. The molecule has 2 rings (SSSR count). The zero-order valence-corrected chi connectivity index (χ0v) is 11.9. The molecule has 2 aromatic rings. The molecule has 4 nitrogen and oxygen atoms in total. The normalized spacial score (nSPS) is 12.0. The number of aromatic hydroxyl groups is 1. The number of phenolic OH excluding ortho intramolecular Hbond substituents is 1. The fraction of sp³-hybridized carbons (Fsp3) is 0.133. The first kappa shape index (κ1) is 16.2. The molecule has 0 fully saturated rings. The van der Waals surface area contributed by atoms with Crippen molar-refractivity contribution in [1.82, 2.24) is 5.32 Å². The van der Waals surface area contributed by atoms with Gasteiger partial charge in [0.15, 0.2) is 0 Å². The number of phenols is 1. The first-order valence-corrected chi connectivity index (χ1v) is 6.66. The van der Waals surface area contributed by atoms with Crippen molar-refractivity contribution in [2.24, 2.45) is 0 Å². The van der Waals surface area contributed by atoms with Gasteiger partial charge in [0.25, 0.3) is 5.91 Å². The maximum atomic E-state index is 13.5. The number of carbonyl (C=O) groups is 1. The van der Waals surface area contributed by atoms with Crippen LogP contribution >= 0.6 is 11.6 Å². The summed E-state index contributed by atoms with van der Waals surface area (Å²) in [7, 11) is 0. The van der Waals surface area contributed by atoms with Crippen molar-refractivity contribution in [1.29, 1.82) is 0 Å². The molecule has 116 valence electrons. The van der Waals surface area contributed by atoms with E-state index in [1.807, 2.05) is 0 Å². The van der Waals surface area contributed by atoms with Crippen molar-refractivity contribution < 1.29 is 23.8 Å². The zero-order chi connectivity index (χ0) is 16.3. The van der Waals surface area contributed by atoms with Crippen molar-refractivity contribution in [2.75, 3.05) is 6.54 Å². The molecule has 7 heteroatoms. The lowest BCUT2D eigenvalue weighted by molar-refractivity contribution is 0.0911. The quantitative estimate of drug-likeness (QED) is 0.808. The monoisotopic (exact) mass is 327 g/mol. The van der Waals surface area contributed by atoms with Gasteiger partial charge in [-0.1, -0.05) is 17.7 Å². The van der Waals surface area contributed by atoms with Gasteiger partial charge in [-0.15, -0.1) is 0 Å². The van der Waals surface area contributed by atoms with Crippen LogP contribution in [0.4, 0.5) is 8.78 Å². The minimum absolute atomic E-state index is 0.00616. The van der Waals surface area contributed by atoms with Crippen LogP contribution in [-0.2, 0) is 0 Å². The molecule has 1 atom stereocenters. The topological polar surface area (TPSA) is 69.6 Å². The van der Waals surface area contributed by atoms with E-state index in [9.17, 15) is 23.8 Å². The van der Waals surface area contributed by atoms with Crippen LogP contribution in [-0.4, -0.2) is 22.7 Å². The van der Waals surface area contributed by atoms with Crippen molar-refractivity contribution in [3.63, 3.8) is 0 Å². The standard InChI is InChI=1S/C15H12ClF2NO3/c16-9-6-8(4-5-12(9)20)15(22)19-7-13(21)14-10(17)2-1-3-11(14)18/h1-6,13,20-21H,7H2,(H,19,22)/t13-/m0/s1. The number of benzene rings is 2. The molecule has 0 unspecified atom stereocenters. The summed E-state index contributed by atoms with van der Waals surface area (Å²) < 4.78 is 27.0. The molecule has 0 saturated heterocycles. The van der Waals surface area contributed by atoms with Gasteiger partial charge in [0.1, 0.15) is 23.5 Å². The van der Waals surface area contributed by atoms with E-state index in [1.165, 1.54) is 24.3 Å². The van der Waals surface area contributed by atoms with Gasteiger partial charge in [0.2, 0.25) is 0 Å². The molecule has 22 heavy (non-hydrogen) atoms. The minimum Gasteiger partial charge on any atom is -0.506 e. The molecule has 0 aromatic heterocycles. The van der Waals surface area contributed by atoms with E-state index >= 15 is 0 Å². The molecule has 1 amide bonds. The van der Waals surface area contributed by atoms with Crippen molar-refractivity contribution in [2.45, 2.75) is 6.10 Å². The third-order valence-electron chi connectivity index (χ3n) is 3.00. The third-order valence-corrected chi connectivity index (χ3v) is 3.30. The first-order valence-electron chi connectivity index (χ1n) is 6.29. The van der Waals surface area contributed by atoms with Gasteiger partial charge >= 0.3 is 0 Å². The number of amides is 1. The van der Waals surface area contributed by atoms with Crippen LogP contribution < -0.4 is 5.32 Å². The zero-order valence-electron chi connectivity index (χ0n) is 11.2. The highest BCUT2D eigenvalue weighted by Crippen LogP contribution is 2.24. The highest BCUT2D eigenvalue weighted by atomic mass is 35.5. The average Bonchev–Trinajstić information content (AvgIpc) is 2.47. The van der Waals surface area contributed by atoms with Gasteiger partial charge in [-0.3, -0.25) is 4.79 Å². The average molecular weight is 328 g/mol. The first-order chi connectivity index (χ1) is 10.4. The lowest BCUT2D eigenvalue weighted by Crippen LogP contribution is -2.29. The van der Waals surface area contributed by atoms with Crippen LogP contribution in [0.5, 0.6) is 5.75 Å². The molecular formula is C15H12ClF2NO3. The van der Waals surface area contributed by atoms with Crippen LogP contribution in [0.15, 0.2) is 36.4 Å². The van der Waals surface area contributed by atoms with E-state index in [-0.39, 0.29) is 22.9 Å². The predicted octanol–water partition coefficient (Wildman–Crippen LogP) is 2.79. The molecular weight excluding hydrogens is 316 g/mol. The summed E-state index contributed by atoms with van der Waals surface area (Å²) in [6, 6.07) is 7.02. The van der Waals surface area contributed by atoms with E-state index in [0.29, 0.717) is 0 Å². The van der Waals surface area contributed by atoms with E-state index in [1.54, 1.807) is 0 Å². The largest absolute Gasteiger partial charge is 0.506 e. The Bertz CT molecular complexity index is 689. The Morgan fingerprint density at radius 1 is 1.23 bits per heavy atom. The minimum atomic E-state index is -1.53. The molecule has 0 aliphatic heterocycles. The summed E-state index contributed by atoms with van der Waals surface area (Å²) in [5.41, 5.74) is -0.365. The molecule has 0 saturated carbocycles. The van der Waals surface area contributed by atoms with E-state index in [4.69, 9.17) is 11.6 Å². The van der Waals surface area contributed by atoms with Crippen molar-refractivity contribution in [3.8, 4) is 5.75 Å². The Hall–Kier alpha value is -2.18. The molecule has 0 bridgehead atoms. The summed E-state index contributed by atoms with van der Waals surface area (Å²) in [6.45, 7) is -0.380. The smallest absolute Gasteiger partial charge is 0.251 e. The van der Waals surface area contributed by atoms with Crippen LogP contribution in [0.3, 0.4) is 0 Å². The van der Waals surface area contributed by atoms with Gasteiger partial charge in [-0.2, -0.15) is 0 Å².